The van der Waals surface area contributed by atoms with Gasteiger partial charge in [0.25, 0.3) is 0 Å². The van der Waals surface area contributed by atoms with Crippen molar-refractivity contribution in [3.05, 3.63) is 59.5 Å². The number of benzene rings is 1. The highest BCUT2D eigenvalue weighted by molar-refractivity contribution is 5.54. The molecule has 0 saturated carbocycles. The Morgan fingerprint density at radius 3 is 2.88 bits per heavy atom. The standard InChI is InChI=1S/C19H20FN3O/c20-17-7-2-1-5-15(17)11-19(14-24)8-4-10-23(13-19)18-16(12-21)6-3-9-22-18/h1-3,5-7,9,24H,4,8,10-11,13-14H2/t19-/m1/s1. The second-order valence-electron chi connectivity index (χ2n) is 6.44. The molecular weight excluding hydrogens is 305 g/mol. The number of hydrogen-bond donors (Lipinski definition) is 1. The average molecular weight is 325 g/mol. The Hall–Kier alpha value is -2.45. The summed E-state index contributed by atoms with van der Waals surface area (Å²) in [6, 6.07) is 12.4. The van der Waals surface area contributed by atoms with Crippen LogP contribution in [0.2, 0.25) is 0 Å². The van der Waals surface area contributed by atoms with Crippen molar-refractivity contribution in [2.45, 2.75) is 19.3 Å². The lowest BCUT2D eigenvalue weighted by molar-refractivity contribution is 0.104. The topological polar surface area (TPSA) is 60.2 Å². The average Bonchev–Trinajstić information content (AvgIpc) is 2.64. The summed E-state index contributed by atoms with van der Waals surface area (Å²) in [5, 5.41) is 19.3. The quantitative estimate of drug-likeness (QED) is 0.939. The third kappa shape index (κ3) is 3.24. The highest BCUT2D eigenvalue weighted by atomic mass is 19.1. The van der Waals surface area contributed by atoms with Crippen LogP contribution in [0, 0.1) is 22.6 Å². The molecule has 1 aromatic carbocycles. The maximum absolute atomic E-state index is 14.0. The van der Waals surface area contributed by atoms with Gasteiger partial charge in [0, 0.05) is 24.7 Å². The molecule has 0 unspecified atom stereocenters. The van der Waals surface area contributed by atoms with E-state index in [-0.39, 0.29) is 12.4 Å². The van der Waals surface area contributed by atoms with Gasteiger partial charge in [-0.2, -0.15) is 5.26 Å². The van der Waals surface area contributed by atoms with E-state index in [0.29, 0.717) is 29.9 Å². The monoisotopic (exact) mass is 325 g/mol. The Morgan fingerprint density at radius 2 is 2.12 bits per heavy atom. The smallest absolute Gasteiger partial charge is 0.146 e. The van der Waals surface area contributed by atoms with E-state index < -0.39 is 5.41 Å². The van der Waals surface area contributed by atoms with E-state index in [9.17, 15) is 14.8 Å². The van der Waals surface area contributed by atoms with Crippen LogP contribution in [0.25, 0.3) is 0 Å². The molecule has 1 aliphatic rings. The van der Waals surface area contributed by atoms with Crippen LogP contribution < -0.4 is 4.90 Å². The van der Waals surface area contributed by atoms with Crippen molar-refractivity contribution in [1.29, 1.82) is 5.26 Å². The number of anilines is 1. The fraction of sp³-hybridized carbons (Fsp3) is 0.368. The third-order valence-electron chi connectivity index (χ3n) is 4.73. The molecule has 4 nitrogen and oxygen atoms in total. The summed E-state index contributed by atoms with van der Waals surface area (Å²) in [5.41, 5.74) is 0.720. The van der Waals surface area contributed by atoms with Crippen LogP contribution in [0.1, 0.15) is 24.0 Å². The van der Waals surface area contributed by atoms with Crippen LogP contribution in [0.5, 0.6) is 0 Å². The Morgan fingerprint density at radius 1 is 1.29 bits per heavy atom. The number of pyridine rings is 1. The Kier molecular flexibility index (Phi) is 4.77. The molecule has 0 radical (unpaired) electrons. The van der Waals surface area contributed by atoms with Gasteiger partial charge in [0.1, 0.15) is 17.7 Å². The van der Waals surface area contributed by atoms with Crippen LogP contribution in [-0.2, 0) is 6.42 Å². The number of piperidine rings is 1. The first-order valence-corrected chi connectivity index (χ1v) is 8.12. The molecule has 1 atom stereocenters. The number of halogens is 1. The molecular formula is C19H20FN3O. The molecule has 0 amide bonds. The van der Waals surface area contributed by atoms with Crippen molar-refractivity contribution in [1.82, 2.24) is 4.98 Å². The molecule has 3 rings (SSSR count). The molecule has 5 heteroatoms. The second-order valence-corrected chi connectivity index (χ2v) is 6.44. The van der Waals surface area contributed by atoms with E-state index in [4.69, 9.17) is 0 Å². The molecule has 24 heavy (non-hydrogen) atoms. The van der Waals surface area contributed by atoms with Crippen LogP contribution in [-0.4, -0.2) is 29.8 Å². The van der Waals surface area contributed by atoms with Gasteiger partial charge in [-0.15, -0.1) is 0 Å². The minimum Gasteiger partial charge on any atom is -0.396 e. The molecule has 2 heterocycles. The first kappa shape index (κ1) is 16.4. The molecule has 1 fully saturated rings. The van der Waals surface area contributed by atoms with Crippen molar-refractivity contribution in [3.63, 3.8) is 0 Å². The van der Waals surface area contributed by atoms with Crippen molar-refractivity contribution in [2.75, 3.05) is 24.6 Å². The summed E-state index contributed by atoms with van der Waals surface area (Å²) in [4.78, 5) is 6.39. The van der Waals surface area contributed by atoms with Crippen LogP contribution in [0.3, 0.4) is 0 Å². The minimum atomic E-state index is -0.426. The van der Waals surface area contributed by atoms with Crippen molar-refractivity contribution < 1.29 is 9.50 Å². The maximum Gasteiger partial charge on any atom is 0.146 e. The van der Waals surface area contributed by atoms with Crippen LogP contribution in [0.4, 0.5) is 10.2 Å². The Bertz CT molecular complexity index is 758. The zero-order valence-electron chi connectivity index (χ0n) is 13.5. The summed E-state index contributed by atoms with van der Waals surface area (Å²) < 4.78 is 14.0. The van der Waals surface area contributed by atoms with Gasteiger partial charge in [-0.25, -0.2) is 9.37 Å². The number of nitriles is 1. The zero-order valence-corrected chi connectivity index (χ0v) is 13.5. The molecule has 0 bridgehead atoms. The van der Waals surface area contributed by atoms with Crippen molar-refractivity contribution in [2.24, 2.45) is 5.41 Å². The van der Waals surface area contributed by atoms with Gasteiger partial charge in [-0.05, 0) is 43.0 Å². The molecule has 0 spiro atoms. The first-order valence-electron chi connectivity index (χ1n) is 8.12. The molecule has 124 valence electrons. The number of rotatable bonds is 4. The van der Waals surface area contributed by atoms with Crippen molar-refractivity contribution in [3.8, 4) is 6.07 Å². The van der Waals surface area contributed by atoms with Gasteiger partial charge in [0.15, 0.2) is 0 Å². The molecule has 0 aliphatic carbocycles. The van der Waals surface area contributed by atoms with Gasteiger partial charge < -0.3 is 10.0 Å². The maximum atomic E-state index is 14.0. The minimum absolute atomic E-state index is 0.0213. The van der Waals surface area contributed by atoms with Gasteiger partial charge in [-0.3, -0.25) is 0 Å². The van der Waals surface area contributed by atoms with E-state index in [0.717, 1.165) is 19.4 Å². The number of aliphatic hydroxyl groups is 1. The van der Waals surface area contributed by atoms with Crippen LogP contribution >= 0.6 is 0 Å². The van der Waals surface area contributed by atoms with E-state index in [1.807, 2.05) is 11.0 Å². The molecule has 1 saturated heterocycles. The fourth-order valence-corrected chi connectivity index (χ4v) is 3.50. The summed E-state index contributed by atoms with van der Waals surface area (Å²) >= 11 is 0. The van der Waals surface area contributed by atoms with Gasteiger partial charge in [0.05, 0.1) is 12.2 Å². The third-order valence-corrected chi connectivity index (χ3v) is 4.73. The summed E-state index contributed by atoms with van der Waals surface area (Å²) in [6.07, 6.45) is 3.84. The predicted octanol–water partition coefficient (Wildman–Crippen LogP) is 2.91. The van der Waals surface area contributed by atoms with E-state index in [1.54, 1.807) is 30.5 Å². The summed E-state index contributed by atoms with van der Waals surface area (Å²) in [5.74, 6) is 0.407. The lowest BCUT2D eigenvalue weighted by atomic mass is 9.75. The highest BCUT2D eigenvalue weighted by Crippen LogP contribution is 2.36. The van der Waals surface area contributed by atoms with E-state index >= 15 is 0 Å². The Balaban J connectivity index is 1.87. The highest BCUT2D eigenvalue weighted by Gasteiger charge is 2.36. The molecule has 2 aromatic rings. The second kappa shape index (κ2) is 6.98. The molecule has 1 aliphatic heterocycles. The lowest BCUT2D eigenvalue weighted by Gasteiger charge is -2.42. The van der Waals surface area contributed by atoms with E-state index in [2.05, 4.69) is 11.1 Å². The largest absolute Gasteiger partial charge is 0.396 e. The SMILES string of the molecule is N#Cc1cccnc1N1CCC[C@@](CO)(Cc2ccccc2F)C1. The van der Waals surface area contributed by atoms with Gasteiger partial charge in [0.2, 0.25) is 0 Å². The number of aromatic nitrogens is 1. The summed E-state index contributed by atoms with van der Waals surface area (Å²) in [6.45, 7) is 1.32. The number of hydrogen-bond acceptors (Lipinski definition) is 4. The first-order chi connectivity index (χ1) is 11.7. The predicted molar refractivity (Wildman–Crippen MR) is 90.0 cm³/mol. The number of nitrogens with zero attached hydrogens (tertiary/aromatic N) is 3. The lowest BCUT2D eigenvalue weighted by Crippen LogP contribution is -2.47. The summed E-state index contributed by atoms with van der Waals surface area (Å²) in [7, 11) is 0. The fourth-order valence-electron chi connectivity index (χ4n) is 3.50. The Labute approximate surface area is 141 Å². The van der Waals surface area contributed by atoms with Crippen LogP contribution in [0.15, 0.2) is 42.6 Å². The molecule has 1 N–H and O–H groups in total. The van der Waals surface area contributed by atoms with Gasteiger partial charge >= 0.3 is 0 Å². The number of aliphatic hydroxyl groups excluding tert-OH is 1. The van der Waals surface area contributed by atoms with E-state index in [1.165, 1.54) is 6.07 Å². The van der Waals surface area contributed by atoms with Gasteiger partial charge in [-0.1, -0.05) is 18.2 Å². The zero-order chi connectivity index (χ0) is 17.0. The molecule has 1 aromatic heterocycles. The van der Waals surface area contributed by atoms with Crippen molar-refractivity contribution >= 4 is 5.82 Å². The normalized spacial score (nSPS) is 20.6.